The van der Waals surface area contributed by atoms with Crippen LogP contribution in [0.5, 0.6) is 0 Å². The first-order valence-electron chi connectivity index (χ1n) is 7.00. The Morgan fingerprint density at radius 2 is 1.86 bits per heavy atom. The Morgan fingerprint density at radius 1 is 1.33 bits per heavy atom. The van der Waals surface area contributed by atoms with E-state index in [1.165, 1.54) is 0 Å². The average molecular weight is 326 g/mol. The molecule has 0 aromatic heterocycles. The van der Waals surface area contributed by atoms with Crippen molar-refractivity contribution in [2.75, 3.05) is 5.88 Å². The molecule has 21 heavy (non-hydrogen) atoms. The number of carbonyl (C=O) groups is 2. The van der Waals surface area contributed by atoms with Crippen molar-refractivity contribution in [1.82, 2.24) is 5.32 Å². The Labute approximate surface area is 128 Å². The standard InChI is InChI=1S/C14H22ClF2NO3/c1-13(2,3)21-12(20)18-11(10(19)8-15)9-4-6-14(16,17)7-5-9/h9,11H,4-8H2,1-3H3,(H,18,20). The zero-order valence-corrected chi connectivity index (χ0v) is 13.3. The molecular formula is C14H22ClF2NO3. The summed E-state index contributed by atoms with van der Waals surface area (Å²) in [5.41, 5.74) is -0.696. The van der Waals surface area contributed by atoms with Crippen LogP contribution in [0.4, 0.5) is 13.6 Å². The second kappa shape index (κ2) is 6.90. The molecule has 1 rings (SSSR count). The summed E-state index contributed by atoms with van der Waals surface area (Å²) in [5.74, 6) is -3.66. The number of ether oxygens (including phenoxy) is 1. The molecule has 0 saturated heterocycles. The van der Waals surface area contributed by atoms with Gasteiger partial charge in [-0.2, -0.15) is 0 Å². The van der Waals surface area contributed by atoms with Crippen molar-refractivity contribution in [2.45, 2.75) is 64.0 Å². The van der Waals surface area contributed by atoms with Gasteiger partial charge in [-0.05, 0) is 39.5 Å². The Morgan fingerprint density at radius 3 is 2.29 bits per heavy atom. The highest BCUT2D eigenvalue weighted by atomic mass is 35.5. The number of hydrogen-bond donors (Lipinski definition) is 1. The average Bonchev–Trinajstić information content (AvgIpc) is 2.33. The molecule has 1 aliphatic carbocycles. The maximum absolute atomic E-state index is 13.2. The van der Waals surface area contributed by atoms with Crippen molar-refractivity contribution in [2.24, 2.45) is 5.92 Å². The number of alkyl halides is 3. The van der Waals surface area contributed by atoms with Gasteiger partial charge in [-0.25, -0.2) is 13.6 Å². The summed E-state index contributed by atoms with van der Waals surface area (Å²) in [6.07, 6.45) is -0.936. The van der Waals surface area contributed by atoms with Gasteiger partial charge in [0.05, 0.1) is 11.9 Å². The molecule has 1 N–H and O–H groups in total. The second-order valence-electron chi connectivity index (χ2n) is 6.42. The molecule has 0 aromatic carbocycles. The van der Waals surface area contributed by atoms with Crippen molar-refractivity contribution < 1.29 is 23.1 Å². The summed E-state index contributed by atoms with van der Waals surface area (Å²) in [6, 6.07) is -0.867. The summed E-state index contributed by atoms with van der Waals surface area (Å²) >= 11 is 5.55. The van der Waals surface area contributed by atoms with Crippen molar-refractivity contribution in [3.05, 3.63) is 0 Å². The van der Waals surface area contributed by atoms with Crippen molar-refractivity contribution in [3.8, 4) is 0 Å². The smallest absolute Gasteiger partial charge is 0.408 e. The van der Waals surface area contributed by atoms with E-state index in [1.807, 2.05) is 0 Å². The van der Waals surface area contributed by atoms with E-state index in [9.17, 15) is 18.4 Å². The molecule has 1 fully saturated rings. The van der Waals surface area contributed by atoms with Gasteiger partial charge >= 0.3 is 6.09 Å². The highest BCUT2D eigenvalue weighted by molar-refractivity contribution is 6.28. The minimum absolute atomic E-state index is 0.177. The second-order valence-corrected chi connectivity index (χ2v) is 6.68. The molecule has 0 aliphatic heterocycles. The number of Topliss-reactive ketones (excluding diaryl/α,β-unsaturated/α-hetero) is 1. The summed E-state index contributed by atoms with van der Waals surface area (Å²) in [4.78, 5) is 23.7. The predicted octanol–water partition coefficient (Wildman–Crippen LogP) is 3.51. The maximum Gasteiger partial charge on any atom is 0.408 e. The fourth-order valence-corrected chi connectivity index (χ4v) is 2.54. The van der Waals surface area contributed by atoms with Gasteiger partial charge < -0.3 is 10.1 Å². The number of ketones is 1. The third-order valence-electron chi connectivity index (χ3n) is 3.38. The van der Waals surface area contributed by atoms with Crippen LogP contribution < -0.4 is 5.32 Å². The molecule has 1 saturated carbocycles. The van der Waals surface area contributed by atoms with Gasteiger partial charge in [-0.1, -0.05) is 0 Å². The molecule has 0 aromatic rings. The predicted molar refractivity (Wildman–Crippen MR) is 75.8 cm³/mol. The van der Waals surface area contributed by atoms with Crippen LogP contribution in [0.15, 0.2) is 0 Å². The van der Waals surface area contributed by atoms with E-state index in [1.54, 1.807) is 20.8 Å². The van der Waals surface area contributed by atoms with Crippen LogP contribution in [0.25, 0.3) is 0 Å². The van der Waals surface area contributed by atoms with Crippen LogP contribution in [-0.4, -0.2) is 35.3 Å². The number of hydrogen-bond acceptors (Lipinski definition) is 3. The normalized spacial score (nSPS) is 20.7. The molecule has 0 spiro atoms. The van der Waals surface area contributed by atoms with Gasteiger partial charge in [0.25, 0.3) is 0 Å². The Kier molecular flexibility index (Phi) is 5.96. The number of nitrogens with one attached hydrogen (secondary N) is 1. The summed E-state index contributed by atoms with van der Waals surface area (Å²) in [7, 11) is 0. The number of amides is 1. The molecule has 0 radical (unpaired) electrons. The van der Waals surface area contributed by atoms with Gasteiger partial charge in [-0.3, -0.25) is 4.79 Å². The molecule has 0 bridgehead atoms. The number of halogens is 3. The molecule has 122 valence electrons. The van der Waals surface area contributed by atoms with Crippen LogP contribution in [0.2, 0.25) is 0 Å². The monoisotopic (exact) mass is 325 g/mol. The Hall–Kier alpha value is -0.910. The number of rotatable bonds is 4. The molecule has 1 atom stereocenters. The largest absolute Gasteiger partial charge is 0.444 e. The summed E-state index contributed by atoms with van der Waals surface area (Å²) in [6.45, 7) is 5.10. The highest BCUT2D eigenvalue weighted by Gasteiger charge is 2.40. The summed E-state index contributed by atoms with van der Waals surface area (Å²) in [5, 5.41) is 2.48. The van der Waals surface area contributed by atoms with E-state index in [2.05, 4.69) is 5.32 Å². The fraction of sp³-hybridized carbons (Fsp3) is 0.857. The van der Waals surface area contributed by atoms with E-state index in [-0.39, 0.29) is 43.3 Å². The first kappa shape index (κ1) is 18.1. The zero-order chi connectivity index (χ0) is 16.3. The minimum Gasteiger partial charge on any atom is -0.444 e. The quantitative estimate of drug-likeness (QED) is 0.805. The first-order valence-corrected chi connectivity index (χ1v) is 7.53. The van der Waals surface area contributed by atoms with Crippen LogP contribution in [0.1, 0.15) is 46.5 Å². The Balaban J connectivity index is 2.69. The third kappa shape index (κ3) is 6.16. The van der Waals surface area contributed by atoms with Crippen LogP contribution in [-0.2, 0) is 9.53 Å². The number of carbonyl (C=O) groups excluding carboxylic acids is 2. The molecule has 1 amide bonds. The lowest BCUT2D eigenvalue weighted by atomic mass is 9.81. The molecule has 4 nitrogen and oxygen atoms in total. The highest BCUT2D eigenvalue weighted by Crippen LogP contribution is 2.37. The lowest BCUT2D eigenvalue weighted by Crippen LogP contribution is -2.49. The van der Waals surface area contributed by atoms with Crippen molar-refractivity contribution in [1.29, 1.82) is 0 Å². The van der Waals surface area contributed by atoms with Crippen LogP contribution in [0, 0.1) is 5.92 Å². The molecule has 7 heteroatoms. The van der Waals surface area contributed by atoms with Crippen LogP contribution in [0.3, 0.4) is 0 Å². The molecular weight excluding hydrogens is 304 g/mol. The van der Waals surface area contributed by atoms with Gasteiger partial charge in [0.1, 0.15) is 5.60 Å². The van der Waals surface area contributed by atoms with E-state index >= 15 is 0 Å². The molecule has 0 heterocycles. The van der Waals surface area contributed by atoms with E-state index in [4.69, 9.17) is 16.3 Å². The summed E-state index contributed by atoms with van der Waals surface area (Å²) < 4.78 is 31.5. The van der Waals surface area contributed by atoms with Gasteiger partial charge in [-0.15, -0.1) is 11.6 Å². The maximum atomic E-state index is 13.2. The third-order valence-corrected chi connectivity index (χ3v) is 3.65. The number of alkyl carbamates (subject to hydrolysis) is 1. The van der Waals surface area contributed by atoms with E-state index in [0.29, 0.717) is 0 Å². The zero-order valence-electron chi connectivity index (χ0n) is 12.5. The Bertz CT molecular complexity index is 386. The molecule has 1 unspecified atom stereocenters. The van der Waals surface area contributed by atoms with E-state index in [0.717, 1.165) is 0 Å². The van der Waals surface area contributed by atoms with E-state index < -0.39 is 23.7 Å². The minimum atomic E-state index is -2.68. The van der Waals surface area contributed by atoms with Gasteiger partial charge in [0, 0.05) is 12.8 Å². The SMILES string of the molecule is CC(C)(C)OC(=O)NC(C(=O)CCl)C1CCC(F)(F)CC1. The topological polar surface area (TPSA) is 55.4 Å². The lowest BCUT2D eigenvalue weighted by Gasteiger charge is -2.33. The van der Waals surface area contributed by atoms with Crippen molar-refractivity contribution >= 4 is 23.5 Å². The van der Waals surface area contributed by atoms with Crippen LogP contribution >= 0.6 is 11.6 Å². The first-order chi connectivity index (χ1) is 9.54. The van der Waals surface area contributed by atoms with Gasteiger partial charge in [0.15, 0.2) is 5.78 Å². The fourth-order valence-electron chi connectivity index (χ4n) is 2.37. The molecule has 1 aliphatic rings. The van der Waals surface area contributed by atoms with Crippen molar-refractivity contribution in [3.63, 3.8) is 0 Å². The lowest BCUT2D eigenvalue weighted by molar-refractivity contribution is -0.121. The van der Waals surface area contributed by atoms with Gasteiger partial charge in [0.2, 0.25) is 5.92 Å².